The van der Waals surface area contributed by atoms with Crippen LogP contribution in [0.5, 0.6) is 6.01 Å². The van der Waals surface area contributed by atoms with Gasteiger partial charge in [-0.25, -0.2) is 13.2 Å². The number of nitrogen functional groups attached to an aromatic ring is 1. The van der Waals surface area contributed by atoms with Gasteiger partial charge in [-0.2, -0.15) is 24.0 Å². The Balaban J connectivity index is 1.30. The number of rotatable bonds is 6. The van der Waals surface area contributed by atoms with Crippen LogP contribution in [-0.2, 0) is 0 Å². The van der Waals surface area contributed by atoms with E-state index in [1.807, 2.05) is 11.0 Å². The normalized spacial score (nSPS) is 26.7. The van der Waals surface area contributed by atoms with Crippen LogP contribution in [0.3, 0.4) is 0 Å². The summed E-state index contributed by atoms with van der Waals surface area (Å²) in [5, 5.41) is 13.5. The molecule has 0 aliphatic carbocycles. The highest BCUT2D eigenvalue weighted by molar-refractivity contribution is 7.23. The molecule has 2 unspecified atom stereocenters. The lowest BCUT2D eigenvalue weighted by molar-refractivity contribution is 0.107. The van der Waals surface area contributed by atoms with Gasteiger partial charge in [-0.3, -0.25) is 4.90 Å². The van der Waals surface area contributed by atoms with Gasteiger partial charge in [0.25, 0.3) is 6.08 Å². The average Bonchev–Trinajstić information content (AvgIpc) is 3.75. The summed E-state index contributed by atoms with van der Waals surface area (Å²) in [5.41, 5.74) is 4.39. The first kappa shape index (κ1) is 31.5. The maximum Gasteiger partial charge on any atom is 0.319 e. The molecular weight excluding hydrogens is 673 g/mol. The third-order valence-corrected chi connectivity index (χ3v) is 11.6. The van der Waals surface area contributed by atoms with Crippen molar-refractivity contribution in [3.8, 4) is 23.2 Å². The highest BCUT2D eigenvalue weighted by Gasteiger charge is 2.50. The number of aromatic nitrogens is 2. The summed E-state index contributed by atoms with van der Waals surface area (Å²) in [6.45, 7) is 1.67. The summed E-state index contributed by atoms with van der Waals surface area (Å²) >= 11 is 7.69. The molecule has 8 nitrogen and oxygen atoms in total. The molecule has 2 bridgehead atoms. The van der Waals surface area contributed by atoms with Crippen molar-refractivity contribution in [2.24, 2.45) is 0 Å². The van der Waals surface area contributed by atoms with Crippen LogP contribution in [0.15, 0.2) is 30.4 Å². The first-order chi connectivity index (χ1) is 23.0. The van der Waals surface area contributed by atoms with Crippen LogP contribution in [0.1, 0.15) is 37.7 Å². The van der Waals surface area contributed by atoms with E-state index in [2.05, 4.69) is 15.2 Å². The van der Waals surface area contributed by atoms with Crippen LogP contribution in [-0.4, -0.2) is 70.9 Å². The van der Waals surface area contributed by atoms with Crippen molar-refractivity contribution in [1.82, 2.24) is 20.2 Å². The van der Waals surface area contributed by atoms with Gasteiger partial charge >= 0.3 is 6.01 Å². The van der Waals surface area contributed by atoms with Crippen LogP contribution >= 0.6 is 22.9 Å². The monoisotopic (exact) mass is 701 g/mol. The fourth-order valence-electron chi connectivity index (χ4n) is 8.31. The number of halogens is 6. The molecule has 48 heavy (non-hydrogen) atoms. The van der Waals surface area contributed by atoms with Crippen LogP contribution in [0, 0.1) is 23.0 Å². The molecule has 2 aromatic heterocycles. The molecule has 6 heterocycles. The second kappa shape index (κ2) is 11.4. The largest absolute Gasteiger partial charge is 0.461 e. The minimum Gasteiger partial charge on any atom is -0.461 e. The van der Waals surface area contributed by atoms with Gasteiger partial charge in [-0.15, -0.1) is 11.3 Å². The lowest BCUT2D eigenvalue weighted by Crippen LogP contribution is -2.59. The summed E-state index contributed by atoms with van der Waals surface area (Å²) in [6.07, 6.45) is 1.19. The third kappa shape index (κ3) is 4.97. The lowest BCUT2D eigenvalue weighted by atomic mass is 9.95. The standard InChI is InChI=1S/C33H29ClF5N7OS/c34-21-8-19-27(26(39)25(21)18-2-3-22(36)28-24(18)20(11-40)29(41)48-28)42-31(47-15-33-5-1-7-46(33)12-16(35)9-33)43-30(19)45-13-17-4-6-32(14-45,44-17)10-23(37)38/h2-3,8,10,16-17,44H,1,4-7,9,12-15,41H2/t16-,17-,32?,33?/m1/s1. The Morgan fingerprint density at radius 3 is 2.88 bits per heavy atom. The number of piperazine rings is 1. The number of nitrogens with two attached hydrogens (primary N) is 1. The van der Waals surface area contributed by atoms with E-state index in [9.17, 15) is 22.8 Å². The van der Waals surface area contributed by atoms with Gasteiger partial charge in [0.1, 0.15) is 41.0 Å². The molecular formula is C33H29ClF5N7OS. The number of anilines is 2. The van der Waals surface area contributed by atoms with Gasteiger partial charge in [0.2, 0.25) is 0 Å². The fraction of sp³-hybridized carbons (Fsp3) is 0.424. The number of hydrogen-bond donors (Lipinski definition) is 2. The highest BCUT2D eigenvalue weighted by atomic mass is 35.5. The second-order valence-electron chi connectivity index (χ2n) is 13.2. The molecule has 4 aromatic rings. The minimum atomic E-state index is -1.81. The summed E-state index contributed by atoms with van der Waals surface area (Å²) in [7, 11) is 0. The molecule has 4 aliphatic rings. The van der Waals surface area contributed by atoms with Gasteiger partial charge in [0.05, 0.1) is 26.4 Å². The van der Waals surface area contributed by atoms with Gasteiger partial charge in [-0.05, 0) is 49.9 Å². The molecule has 0 radical (unpaired) electrons. The maximum absolute atomic E-state index is 17.0. The van der Waals surface area contributed by atoms with Crippen LogP contribution < -0.4 is 20.7 Å². The van der Waals surface area contributed by atoms with E-state index in [1.54, 1.807) is 0 Å². The molecule has 15 heteroatoms. The Morgan fingerprint density at radius 2 is 2.08 bits per heavy atom. The van der Waals surface area contributed by atoms with Gasteiger partial charge in [-0.1, -0.05) is 17.7 Å². The molecule has 4 saturated heterocycles. The van der Waals surface area contributed by atoms with E-state index in [-0.39, 0.29) is 78.7 Å². The van der Waals surface area contributed by atoms with E-state index >= 15 is 4.39 Å². The zero-order valence-electron chi connectivity index (χ0n) is 25.4. The van der Waals surface area contributed by atoms with Crippen molar-refractivity contribution < 1.29 is 26.7 Å². The van der Waals surface area contributed by atoms with Gasteiger partial charge < -0.3 is 20.7 Å². The summed E-state index contributed by atoms with van der Waals surface area (Å²) in [5.74, 6) is -1.22. The molecule has 250 valence electrons. The molecule has 0 spiro atoms. The van der Waals surface area contributed by atoms with E-state index < -0.39 is 35.0 Å². The number of nitrogens with zero attached hydrogens (tertiary/aromatic N) is 5. The van der Waals surface area contributed by atoms with Crippen LogP contribution in [0.25, 0.3) is 32.1 Å². The molecule has 0 amide bonds. The number of alkyl halides is 1. The smallest absolute Gasteiger partial charge is 0.319 e. The van der Waals surface area contributed by atoms with Crippen molar-refractivity contribution in [2.45, 2.75) is 55.4 Å². The molecule has 4 fully saturated rings. The number of nitriles is 1. The Labute approximate surface area is 280 Å². The fourth-order valence-corrected chi connectivity index (χ4v) is 9.56. The zero-order valence-corrected chi connectivity index (χ0v) is 27.0. The predicted molar refractivity (Wildman–Crippen MR) is 174 cm³/mol. The molecule has 8 rings (SSSR count). The SMILES string of the molecule is N#Cc1c(N)sc2c(F)ccc(-c3c(Cl)cc4c(N5C[C@H]6CCC(C=C(F)F)(C5)N6)nc(OCC56CCCN5C[C@H](F)C6)nc4c3F)c12. The molecule has 4 aliphatic heterocycles. The summed E-state index contributed by atoms with van der Waals surface area (Å²) in [6, 6.07) is 5.72. The summed E-state index contributed by atoms with van der Waals surface area (Å²) < 4.78 is 79.9. The van der Waals surface area contributed by atoms with Crippen molar-refractivity contribution in [3.05, 3.63) is 52.6 Å². The third-order valence-electron chi connectivity index (χ3n) is 10.3. The Kier molecular flexibility index (Phi) is 7.48. The number of nitrogens with one attached hydrogen (secondary N) is 1. The Hall–Kier alpha value is -3.77. The average molecular weight is 702 g/mol. The topological polar surface area (TPSA) is 103 Å². The van der Waals surface area contributed by atoms with Crippen molar-refractivity contribution in [3.63, 3.8) is 0 Å². The van der Waals surface area contributed by atoms with E-state index in [0.717, 1.165) is 42.9 Å². The van der Waals surface area contributed by atoms with Crippen molar-refractivity contribution >= 4 is 54.7 Å². The molecule has 4 atom stereocenters. The highest BCUT2D eigenvalue weighted by Crippen LogP contribution is 2.47. The first-order valence-electron chi connectivity index (χ1n) is 15.7. The van der Waals surface area contributed by atoms with Gasteiger partial charge in [0, 0.05) is 54.5 Å². The summed E-state index contributed by atoms with van der Waals surface area (Å²) in [4.78, 5) is 13.1. The van der Waals surface area contributed by atoms with E-state index in [0.29, 0.717) is 32.4 Å². The Bertz CT molecular complexity index is 2070. The lowest BCUT2D eigenvalue weighted by Gasteiger charge is -2.40. The molecule has 2 aromatic carbocycles. The number of thiophene rings is 1. The zero-order chi connectivity index (χ0) is 33.5. The quantitative estimate of drug-likeness (QED) is 0.209. The molecule has 0 saturated carbocycles. The van der Waals surface area contributed by atoms with Crippen LogP contribution in [0.2, 0.25) is 5.02 Å². The molecule has 3 N–H and O–H groups in total. The van der Waals surface area contributed by atoms with Crippen molar-refractivity contribution in [1.29, 1.82) is 5.26 Å². The Morgan fingerprint density at radius 1 is 1.25 bits per heavy atom. The number of ether oxygens (including phenoxy) is 1. The van der Waals surface area contributed by atoms with E-state index in [1.165, 1.54) is 12.1 Å². The predicted octanol–water partition coefficient (Wildman–Crippen LogP) is 6.94. The van der Waals surface area contributed by atoms with Crippen LogP contribution in [0.4, 0.5) is 32.8 Å². The number of fused-ring (bicyclic) bond motifs is 5. The first-order valence-corrected chi connectivity index (χ1v) is 16.9. The van der Waals surface area contributed by atoms with Gasteiger partial charge in [0.15, 0.2) is 5.82 Å². The van der Waals surface area contributed by atoms with Crippen molar-refractivity contribution in [2.75, 3.05) is 43.4 Å². The second-order valence-corrected chi connectivity index (χ2v) is 14.7. The number of benzene rings is 2. The maximum atomic E-state index is 17.0. The number of hydrogen-bond acceptors (Lipinski definition) is 9. The minimum absolute atomic E-state index is 0.00491. The van der Waals surface area contributed by atoms with E-state index in [4.69, 9.17) is 27.1 Å².